The predicted molar refractivity (Wildman–Crippen MR) is 122 cm³/mol. The molecule has 1 aliphatic rings. The second-order valence-corrected chi connectivity index (χ2v) is 9.55. The summed E-state index contributed by atoms with van der Waals surface area (Å²) in [6.07, 6.45) is 3.61. The maximum atomic E-state index is 12.8. The Bertz CT molecular complexity index is 1160. The average molecular weight is 492 g/mol. The molecule has 3 rings (SSSR count). The zero-order valence-corrected chi connectivity index (χ0v) is 19.4. The van der Waals surface area contributed by atoms with Crippen molar-refractivity contribution >= 4 is 33.3 Å². The Morgan fingerprint density at radius 1 is 1.06 bits per heavy atom. The van der Waals surface area contributed by atoms with E-state index in [4.69, 9.17) is 9.47 Å². The zero-order valence-electron chi connectivity index (χ0n) is 18.6. The van der Waals surface area contributed by atoms with E-state index in [1.54, 1.807) is 0 Å². The van der Waals surface area contributed by atoms with Gasteiger partial charge in [-0.3, -0.25) is 14.9 Å². The Labute approximate surface area is 196 Å². The number of hydrogen-bond acceptors (Lipinski definition) is 8. The maximum absolute atomic E-state index is 12.8. The summed E-state index contributed by atoms with van der Waals surface area (Å²) in [7, 11) is -2.30. The van der Waals surface area contributed by atoms with E-state index in [2.05, 4.69) is 5.32 Å². The molecule has 0 aliphatic carbocycles. The van der Waals surface area contributed by atoms with Crippen LogP contribution < -0.4 is 10.1 Å². The third kappa shape index (κ3) is 6.08. The third-order valence-corrected chi connectivity index (χ3v) is 7.22. The van der Waals surface area contributed by atoms with Gasteiger partial charge in [-0.15, -0.1) is 0 Å². The van der Waals surface area contributed by atoms with E-state index in [-0.39, 0.29) is 27.6 Å². The molecular formula is C22H25N3O8S. The number of methoxy groups -OCH3 is 1. The molecule has 1 fully saturated rings. The summed E-state index contributed by atoms with van der Waals surface area (Å²) >= 11 is 0. The summed E-state index contributed by atoms with van der Waals surface area (Å²) in [4.78, 5) is 35.0. The number of anilines is 1. The normalized spacial score (nSPS) is 14.6. The summed E-state index contributed by atoms with van der Waals surface area (Å²) in [6, 6.07) is 9.20. The fourth-order valence-electron chi connectivity index (χ4n) is 3.49. The summed E-state index contributed by atoms with van der Waals surface area (Å²) in [5.74, 6) is -1.36. The van der Waals surface area contributed by atoms with Crippen molar-refractivity contribution in [2.75, 3.05) is 32.1 Å². The molecule has 0 saturated carbocycles. The first-order valence-electron chi connectivity index (χ1n) is 10.6. The van der Waals surface area contributed by atoms with Gasteiger partial charge < -0.3 is 14.8 Å². The summed E-state index contributed by atoms with van der Waals surface area (Å²) in [5, 5.41) is 13.5. The molecule has 0 bridgehead atoms. The smallest absolute Gasteiger partial charge is 0.338 e. The van der Waals surface area contributed by atoms with Gasteiger partial charge in [0, 0.05) is 13.1 Å². The van der Waals surface area contributed by atoms with Gasteiger partial charge in [-0.05, 0) is 49.2 Å². The SMILES string of the molecule is COc1ccc(NC(=O)COC(=O)c2ccc(S(=O)(=O)N3CCCCCC3)cc2)c([N+](=O)[O-])c1. The fraction of sp³-hybridized carbons (Fsp3) is 0.364. The number of nitro benzene ring substituents is 1. The average Bonchev–Trinajstić information content (AvgIpc) is 3.13. The Kier molecular flexibility index (Phi) is 8.18. The number of carbonyl (C=O) groups excluding carboxylic acids is 2. The van der Waals surface area contributed by atoms with Crippen LogP contribution in [0.3, 0.4) is 0 Å². The molecule has 12 heteroatoms. The lowest BCUT2D eigenvalue weighted by Gasteiger charge is -2.19. The standard InChI is InChI=1S/C22H25N3O8S/c1-32-17-8-11-19(20(14-17)25(28)29)23-21(26)15-33-22(27)16-6-9-18(10-7-16)34(30,31)24-12-4-2-3-5-13-24/h6-11,14H,2-5,12-13,15H2,1H3,(H,23,26). The number of nitrogens with one attached hydrogen (secondary N) is 1. The van der Waals surface area contributed by atoms with Crippen molar-refractivity contribution in [2.24, 2.45) is 0 Å². The molecule has 0 aromatic heterocycles. The number of hydrogen-bond donors (Lipinski definition) is 1. The van der Waals surface area contributed by atoms with E-state index in [9.17, 15) is 28.1 Å². The molecule has 1 heterocycles. The summed E-state index contributed by atoms with van der Waals surface area (Å²) < 4.78 is 37.0. The molecular weight excluding hydrogens is 466 g/mol. The molecule has 0 spiro atoms. The molecule has 1 amide bonds. The molecule has 2 aromatic rings. The number of esters is 1. The highest BCUT2D eigenvalue weighted by molar-refractivity contribution is 7.89. The van der Waals surface area contributed by atoms with E-state index >= 15 is 0 Å². The van der Waals surface area contributed by atoms with Crippen LogP contribution >= 0.6 is 0 Å². The van der Waals surface area contributed by atoms with Crippen molar-refractivity contribution < 1.29 is 32.4 Å². The van der Waals surface area contributed by atoms with Gasteiger partial charge in [0.2, 0.25) is 10.0 Å². The Balaban J connectivity index is 1.60. The number of nitrogens with zero attached hydrogens (tertiary/aromatic N) is 2. The molecule has 0 radical (unpaired) electrons. The summed E-state index contributed by atoms with van der Waals surface area (Å²) in [6.45, 7) is 0.247. The number of sulfonamides is 1. The number of rotatable bonds is 8. The van der Waals surface area contributed by atoms with Crippen LogP contribution in [0.1, 0.15) is 36.0 Å². The highest BCUT2D eigenvalue weighted by atomic mass is 32.2. The molecule has 1 saturated heterocycles. The Morgan fingerprint density at radius 2 is 1.71 bits per heavy atom. The Morgan fingerprint density at radius 3 is 2.29 bits per heavy atom. The number of benzene rings is 2. The van der Waals surface area contributed by atoms with Gasteiger partial charge in [-0.25, -0.2) is 13.2 Å². The van der Waals surface area contributed by atoms with Gasteiger partial charge in [0.15, 0.2) is 6.61 Å². The first-order chi connectivity index (χ1) is 16.2. The van der Waals surface area contributed by atoms with Crippen molar-refractivity contribution in [3.8, 4) is 5.75 Å². The molecule has 34 heavy (non-hydrogen) atoms. The van der Waals surface area contributed by atoms with Crippen molar-refractivity contribution in [1.29, 1.82) is 0 Å². The minimum absolute atomic E-state index is 0.0676. The van der Waals surface area contributed by atoms with Gasteiger partial charge in [0.25, 0.3) is 11.6 Å². The van der Waals surface area contributed by atoms with Crippen LogP contribution in [-0.4, -0.2) is 56.3 Å². The number of ether oxygens (including phenoxy) is 2. The molecule has 2 aromatic carbocycles. The maximum Gasteiger partial charge on any atom is 0.338 e. The largest absolute Gasteiger partial charge is 0.496 e. The van der Waals surface area contributed by atoms with Crippen molar-refractivity contribution in [3.63, 3.8) is 0 Å². The van der Waals surface area contributed by atoms with Crippen LogP contribution in [0, 0.1) is 10.1 Å². The van der Waals surface area contributed by atoms with Crippen LogP contribution in [0.5, 0.6) is 5.75 Å². The van der Waals surface area contributed by atoms with Crippen LogP contribution in [0.2, 0.25) is 0 Å². The molecule has 1 aliphatic heterocycles. The van der Waals surface area contributed by atoms with Crippen LogP contribution in [-0.2, 0) is 19.6 Å². The minimum atomic E-state index is -3.65. The molecule has 1 N–H and O–H groups in total. The minimum Gasteiger partial charge on any atom is -0.496 e. The van der Waals surface area contributed by atoms with Gasteiger partial charge in [0.1, 0.15) is 11.4 Å². The first kappa shape index (κ1) is 25.1. The second kappa shape index (κ2) is 11.1. The highest BCUT2D eigenvalue weighted by Gasteiger charge is 2.25. The number of amides is 1. The highest BCUT2D eigenvalue weighted by Crippen LogP contribution is 2.29. The first-order valence-corrected chi connectivity index (χ1v) is 12.1. The Hall–Kier alpha value is -3.51. The quantitative estimate of drug-likeness (QED) is 0.337. The van der Waals surface area contributed by atoms with Crippen LogP contribution in [0.15, 0.2) is 47.4 Å². The van der Waals surface area contributed by atoms with E-state index in [1.165, 1.54) is 47.8 Å². The zero-order chi connectivity index (χ0) is 24.7. The van der Waals surface area contributed by atoms with Gasteiger partial charge >= 0.3 is 5.97 Å². The molecule has 0 unspecified atom stereocenters. The lowest BCUT2D eigenvalue weighted by atomic mass is 10.2. The van der Waals surface area contributed by atoms with E-state index < -0.39 is 33.4 Å². The molecule has 0 atom stereocenters. The lowest BCUT2D eigenvalue weighted by Crippen LogP contribution is -2.31. The second-order valence-electron chi connectivity index (χ2n) is 7.61. The monoisotopic (exact) mass is 491 g/mol. The van der Waals surface area contributed by atoms with Crippen molar-refractivity contribution in [2.45, 2.75) is 30.6 Å². The van der Waals surface area contributed by atoms with Gasteiger partial charge in [0.05, 0.1) is 28.6 Å². The third-order valence-electron chi connectivity index (χ3n) is 5.30. The lowest BCUT2D eigenvalue weighted by molar-refractivity contribution is -0.384. The van der Waals surface area contributed by atoms with Crippen molar-refractivity contribution in [1.82, 2.24) is 4.31 Å². The van der Waals surface area contributed by atoms with E-state index in [0.717, 1.165) is 31.7 Å². The van der Waals surface area contributed by atoms with Gasteiger partial charge in [-0.2, -0.15) is 4.31 Å². The van der Waals surface area contributed by atoms with Gasteiger partial charge in [-0.1, -0.05) is 12.8 Å². The fourth-order valence-corrected chi connectivity index (χ4v) is 5.01. The molecule has 182 valence electrons. The number of carbonyl (C=O) groups is 2. The predicted octanol–water partition coefficient (Wildman–Crippen LogP) is 2.96. The summed E-state index contributed by atoms with van der Waals surface area (Å²) in [5.41, 5.74) is -0.381. The number of nitro groups is 1. The van der Waals surface area contributed by atoms with E-state index in [1.807, 2.05) is 0 Å². The van der Waals surface area contributed by atoms with Crippen molar-refractivity contribution in [3.05, 3.63) is 58.1 Å². The van der Waals surface area contributed by atoms with Crippen LogP contribution in [0.25, 0.3) is 0 Å². The topological polar surface area (TPSA) is 145 Å². The van der Waals surface area contributed by atoms with Crippen LogP contribution in [0.4, 0.5) is 11.4 Å². The molecule has 11 nitrogen and oxygen atoms in total. The van der Waals surface area contributed by atoms with E-state index in [0.29, 0.717) is 13.1 Å².